The molecule has 0 fully saturated rings. The molecule has 1 nitrogen and oxygen atoms in total. The first-order chi connectivity index (χ1) is 15.5. The third-order valence-corrected chi connectivity index (χ3v) is 4.02. The van der Waals surface area contributed by atoms with Crippen LogP contribution in [0.1, 0.15) is 0 Å². The Morgan fingerprint density at radius 3 is 0.676 bits per heavy atom. The highest BCUT2D eigenvalue weighted by atomic mass is 19.4. The van der Waals surface area contributed by atoms with Crippen LogP contribution >= 0.6 is 0 Å². The van der Waals surface area contributed by atoms with Gasteiger partial charge in [0, 0.05) is 0 Å². The minimum Gasteiger partial charge on any atom is -0.454 e. The maximum absolute atomic E-state index is 13.6. The molecule has 0 aromatic rings. The molecule has 0 rings (SSSR count). The van der Waals surface area contributed by atoms with E-state index in [0.29, 0.717) is 0 Å². The Hall–Kier alpha value is -2.26. The van der Waals surface area contributed by atoms with Crippen LogP contribution in [0.25, 0.3) is 0 Å². The normalized spacial score (nSPS) is 16.1. The fourth-order valence-corrected chi connectivity index (χ4v) is 1.77. The second-order valence-corrected chi connectivity index (χ2v) is 6.54. The van der Waals surface area contributed by atoms with E-state index in [1.807, 2.05) is 0 Å². The summed E-state index contributed by atoms with van der Waals surface area (Å²) in [4.78, 5) is 0. The minimum absolute atomic E-state index is 1.37. The number of alkyl halides is 22. The van der Waals surface area contributed by atoms with Crippen molar-refractivity contribution in [2.75, 3.05) is 0 Å². The first-order valence-electron chi connectivity index (χ1n) is 7.77. The second-order valence-electron chi connectivity index (χ2n) is 6.54. The van der Waals surface area contributed by atoms with Gasteiger partial charge < -0.3 is 4.74 Å². The molecule has 37 heavy (non-hydrogen) atoms. The van der Waals surface area contributed by atoms with E-state index in [2.05, 4.69) is 4.74 Å². The van der Waals surface area contributed by atoms with Crippen molar-refractivity contribution in [1.29, 1.82) is 0 Å². The SMILES string of the molecule is C=C(OC(=C)C(F)(F)C(F)(F)C(F)(F)C(F)(F)C(F)(F)F)C(F)(F)C(F)(F)C(F)(F)C(F)(F)C(F)(F)F. The third-order valence-electron chi connectivity index (χ3n) is 4.02. The monoisotopic (exact) mass is 606 g/mol. The molecule has 0 aliphatic heterocycles. The Labute approximate surface area is 187 Å². The Balaban J connectivity index is 6.47. The number of hydrogen-bond acceptors (Lipinski definition) is 1. The third kappa shape index (κ3) is 4.62. The van der Waals surface area contributed by atoms with Crippen molar-refractivity contribution in [3.63, 3.8) is 0 Å². The van der Waals surface area contributed by atoms with E-state index in [1.54, 1.807) is 0 Å². The van der Waals surface area contributed by atoms with E-state index in [0.717, 1.165) is 0 Å². The fraction of sp³-hybridized carbons (Fsp3) is 0.714. The average Bonchev–Trinajstić information content (AvgIpc) is 2.64. The molecule has 0 unspecified atom stereocenters. The summed E-state index contributed by atoms with van der Waals surface area (Å²) < 4.78 is 286. The summed E-state index contributed by atoms with van der Waals surface area (Å²) >= 11 is 0. The van der Waals surface area contributed by atoms with E-state index in [-0.39, 0.29) is 0 Å². The maximum Gasteiger partial charge on any atom is 0.460 e. The predicted molar refractivity (Wildman–Crippen MR) is 71.1 cm³/mol. The van der Waals surface area contributed by atoms with Crippen LogP contribution in [0.2, 0.25) is 0 Å². The van der Waals surface area contributed by atoms with Gasteiger partial charge in [-0.15, -0.1) is 0 Å². The Kier molecular flexibility index (Phi) is 8.10. The molecule has 0 bridgehead atoms. The number of halogens is 22. The number of rotatable bonds is 10. The fourth-order valence-electron chi connectivity index (χ4n) is 1.77. The van der Waals surface area contributed by atoms with Crippen LogP contribution in [0.5, 0.6) is 0 Å². The lowest BCUT2D eigenvalue weighted by molar-refractivity contribution is -0.422. The molecule has 0 aromatic heterocycles. The van der Waals surface area contributed by atoms with Crippen molar-refractivity contribution in [1.82, 2.24) is 0 Å². The van der Waals surface area contributed by atoms with Gasteiger partial charge in [-0.05, 0) is 0 Å². The van der Waals surface area contributed by atoms with E-state index >= 15 is 0 Å². The number of ether oxygens (including phenoxy) is 1. The summed E-state index contributed by atoms with van der Waals surface area (Å²) in [7, 11) is 0. The van der Waals surface area contributed by atoms with E-state index in [1.165, 1.54) is 13.2 Å². The quantitative estimate of drug-likeness (QED) is 0.180. The summed E-state index contributed by atoms with van der Waals surface area (Å²) in [5.41, 5.74) is 0. The van der Waals surface area contributed by atoms with Gasteiger partial charge in [0.15, 0.2) is 11.5 Å². The molecular weight excluding hydrogens is 602 g/mol. The van der Waals surface area contributed by atoms with E-state index in [9.17, 15) is 96.6 Å². The average molecular weight is 606 g/mol. The van der Waals surface area contributed by atoms with Crippen molar-refractivity contribution in [3.8, 4) is 0 Å². The van der Waals surface area contributed by atoms with E-state index in [4.69, 9.17) is 0 Å². The van der Waals surface area contributed by atoms with Crippen LogP contribution in [-0.2, 0) is 4.74 Å². The highest BCUT2D eigenvalue weighted by Crippen LogP contribution is 2.61. The van der Waals surface area contributed by atoms with Gasteiger partial charge in [0.05, 0.1) is 0 Å². The molecule has 220 valence electrons. The largest absolute Gasteiger partial charge is 0.460 e. The van der Waals surface area contributed by atoms with Crippen molar-refractivity contribution in [2.24, 2.45) is 0 Å². The zero-order valence-electron chi connectivity index (χ0n) is 16.1. The second kappa shape index (κ2) is 8.63. The van der Waals surface area contributed by atoms with Crippen molar-refractivity contribution < 1.29 is 101 Å². The van der Waals surface area contributed by atoms with Crippen molar-refractivity contribution >= 4 is 0 Å². The molecule has 0 atom stereocenters. The first kappa shape index (κ1) is 34.7. The molecule has 0 aliphatic rings. The lowest BCUT2D eigenvalue weighted by Gasteiger charge is -2.39. The molecule has 0 radical (unpaired) electrons. The van der Waals surface area contributed by atoms with Gasteiger partial charge in [-0.2, -0.15) is 96.6 Å². The Bertz CT molecular complexity index is 814. The predicted octanol–water partition coefficient (Wildman–Crippen LogP) is 8.24. The molecule has 0 saturated carbocycles. The van der Waals surface area contributed by atoms with Crippen LogP contribution in [-0.4, -0.2) is 59.7 Å². The van der Waals surface area contributed by atoms with Gasteiger partial charge >= 0.3 is 59.7 Å². The summed E-state index contributed by atoms with van der Waals surface area (Å²) in [6.45, 7) is 2.74. The van der Waals surface area contributed by atoms with Gasteiger partial charge in [-0.3, -0.25) is 0 Å². The van der Waals surface area contributed by atoms with Gasteiger partial charge in [0.25, 0.3) is 0 Å². The zero-order valence-corrected chi connectivity index (χ0v) is 16.1. The van der Waals surface area contributed by atoms with Gasteiger partial charge in [-0.1, -0.05) is 13.2 Å². The minimum atomic E-state index is -8.23. The molecular formula is C14H4F22O. The van der Waals surface area contributed by atoms with Crippen LogP contribution < -0.4 is 0 Å². The molecule has 0 N–H and O–H groups in total. The lowest BCUT2D eigenvalue weighted by atomic mass is 9.96. The summed E-state index contributed by atoms with van der Waals surface area (Å²) in [5.74, 6) is -71.5. The Morgan fingerprint density at radius 2 is 0.514 bits per heavy atom. The number of allylic oxidation sites excluding steroid dienone is 2. The van der Waals surface area contributed by atoms with Crippen molar-refractivity contribution in [2.45, 2.75) is 59.7 Å². The van der Waals surface area contributed by atoms with Crippen LogP contribution in [0.4, 0.5) is 96.6 Å². The van der Waals surface area contributed by atoms with Crippen LogP contribution in [0, 0.1) is 0 Å². The molecule has 0 amide bonds. The topological polar surface area (TPSA) is 9.23 Å². The van der Waals surface area contributed by atoms with Gasteiger partial charge in [0.1, 0.15) is 0 Å². The zero-order chi connectivity index (χ0) is 30.9. The van der Waals surface area contributed by atoms with E-state index < -0.39 is 71.3 Å². The first-order valence-corrected chi connectivity index (χ1v) is 7.77. The lowest BCUT2D eigenvalue weighted by Crippen LogP contribution is -2.67. The molecule has 0 aliphatic carbocycles. The highest BCUT2D eigenvalue weighted by molar-refractivity contribution is 5.21. The van der Waals surface area contributed by atoms with Crippen LogP contribution in [0.15, 0.2) is 24.7 Å². The summed E-state index contributed by atoms with van der Waals surface area (Å²) in [6, 6.07) is 0. The summed E-state index contributed by atoms with van der Waals surface area (Å²) in [6.07, 6.45) is -15.4. The summed E-state index contributed by atoms with van der Waals surface area (Å²) in [5, 5.41) is 0. The van der Waals surface area contributed by atoms with Gasteiger partial charge in [0.2, 0.25) is 0 Å². The molecule has 0 saturated heterocycles. The standard InChI is InChI=1S/C14H4F22O/c1-3(5(15,16)7(19,20)9(23,24)11(27,28)13(31,32)33)37-4(2)6(17,18)8(21,22)10(25,26)12(29,30)14(34,35)36/h1-2H2. The smallest absolute Gasteiger partial charge is 0.454 e. The molecule has 23 heteroatoms. The van der Waals surface area contributed by atoms with Crippen molar-refractivity contribution in [3.05, 3.63) is 24.7 Å². The van der Waals surface area contributed by atoms with Crippen LogP contribution in [0.3, 0.4) is 0 Å². The highest BCUT2D eigenvalue weighted by Gasteiger charge is 2.89. The molecule has 0 spiro atoms. The number of hydrogen-bond donors (Lipinski definition) is 0. The molecule has 0 aromatic carbocycles. The maximum atomic E-state index is 13.6. The van der Waals surface area contributed by atoms with Gasteiger partial charge in [-0.25, -0.2) is 0 Å². The Morgan fingerprint density at radius 1 is 0.324 bits per heavy atom. The molecule has 0 heterocycles.